The Hall–Kier alpha value is -2.00. The number of benzene rings is 2. The molecule has 2 aromatic carbocycles. The lowest BCUT2D eigenvalue weighted by molar-refractivity contribution is 0.147. The summed E-state index contributed by atoms with van der Waals surface area (Å²) in [6, 6.07) is 14.2. The molecule has 3 nitrogen and oxygen atoms in total. The number of rotatable bonds is 4. The summed E-state index contributed by atoms with van der Waals surface area (Å²) in [7, 11) is 0. The first-order valence-electron chi connectivity index (χ1n) is 7.37. The molecule has 2 N–H and O–H groups in total. The smallest absolute Gasteiger partial charge is 0.137 e. The number of hydrogen-bond donors (Lipinski definition) is 1. The van der Waals surface area contributed by atoms with Gasteiger partial charge in [0, 0.05) is 18.0 Å². The highest BCUT2D eigenvalue weighted by Gasteiger charge is 2.23. The third-order valence-corrected chi connectivity index (χ3v) is 3.79. The molecule has 1 heterocycles. The van der Waals surface area contributed by atoms with Crippen LogP contribution in [0, 0.1) is 6.92 Å². The Labute approximate surface area is 125 Å². The average molecular weight is 283 g/mol. The molecule has 0 bridgehead atoms. The Bertz CT molecular complexity index is 637. The first kappa shape index (κ1) is 14.0. The minimum atomic E-state index is -0.0365. The van der Waals surface area contributed by atoms with Gasteiger partial charge in [-0.2, -0.15) is 0 Å². The molecule has 0 amide bonds. The molecular weight excluding hydrogens is 262 g/mol. The van der Waals surface area contributed by atoms with Crippen LogP contribution in [0.15, 0.2) is 42.5 Å². The molecule has 0 saturated carbocycles. The highest BCUT2D eigenvalue weighted by atomic mass is 16.5. The number of nitrogens with two attached hydrogens (primary N) is 1. The van der Waals surface area contributed by atoms with Gasteiger partial charge < -0.3 is 15.2 Å². The second kappa shape index (κ2) is 5.78. The van der Waals surface area contributed by atoms with Gasteiger partial charge in [-0.25, -0.2) is 0 Å². The van der Waals surface area contributed by atoms with Crippen molar-refractivity contribution in [2.24, 2.45) is 5.73 Å². The molecule has 0 saturated heterocycles. The van der Waals surface area contributed by atoms with Crippen LogP contribution in [-0.4, -0.2) is 12.7 Å². The number of ether oxygens (including phenoxy) is 2. The molecule has 110 valence electrons. The summed E-state index contributed by atoms with van der Waals surface area (Å²) in [5, 5.41) is 0. The van der Waals surface area contributed by atoms with Crippen molar-refractivity contribution < 1.29 is 9.47 Å². The molecule has 0 fully saturated rings. The molecule has 2 aromatic rings. The normalized spacial score (nSPS) is 18.0. The van der Waals surface area contributed by atoms with Crippen LogP contribution in [0.2, 0.25) is 0 Å². The average Bonchev–Trinajstić information content (AvgIpc) is 2.87. The summed E-state index contributed by atoms with van der Waals surface area (Å²) >= 11 is 0. The predicted molar refractivity (Wildman–Crippen MR) is 83.8 cm³/mol. The maximum absolute atomic E-state index is 5.97. The maximum atomic E-state index is 5.97. The fraction of sp³-hybridized carbons (Fsp3) is 0.333. The third-order valence-electron chi connectivity index (χ3n) is 3.79. The van der Waals surface area contributed by atoms with E-state index in [1.807, 2.05) is 37.3 Å². The van der Waals surface area contributed by atoms with Crippen molar-refractivity contribution in [3.63, 3.8) is 0 Å². The Balaban J connectivity index is 1.65. The van der Waals surface area contributed by atoms with E-state index in [0.717, 1.165) is 23.5 Å². The Morgan fingerprint density at radius 1 is 1.29 bits per heavy atom. The van der Waals surface area contributed by atoms with Crippen molar-refractivity contribution in [1.82, 2.24) is 0 Å². The largest absolute Gasteiger partial charge is 0.489 e. The van der Waals surface area contributed by atoms with Gasteiger partial charge in [-0.15, -0.1) is 0 Å². The Morgan fingerprint density at radius 2 is 2.10 bits per heavy atom. The molecule has 0 radical (unpaired) electrons. The highest BCUT2D eigenvalue weighted by Crippen LogP contribution is 2.30. The summed E-state index contributed by atoms with van der Waals surface area (Å²) in [5.74, 6) is 1.83. The molecule has 0 aromatic heterocycles. The lowest BCUT2D eigenvalue weighted by atomic mass is 10.1. The van der Waals surface area contributed by atoms with Gasteiger partial charge in [0.25, 0.3) is 0 Å². The van der Waals surface area contributed by atoms with E-state index in [1.54, 1.807) is 0 Å². The summed E-state index contributed by atoms with van der Waals surface area (Å²) in [4.78, 5) is 0. The van der Waals surface area contributed by atoms with E-state index in [9.17, 15) is 0 Å². The van der Waals surface area contributed by atoms with Gasteiger partial charge in [-0.1, -0.05) is 35.9 Å². The molecule has 3 rings (SSSR count). The molecule has 0 aliphatic carbocycles. The molecule has 3 heteroatoms. The van der Waals surface area contributed by atoms with Crippen molar-refractivity contribution in [2.75, 3.05) is 6.61 Å². The highest BCUT2D eigenvalue weighted by molar-refractivity contribution is 5.40. The number of hydrogen-bond acceptors (Lipinski definition) is 3. The van der Waals surface area contributed by atoms with Gasteiger partial charge in [-0.05, 0) is 31.5 Å². The van der Waals surface area contributed by atoms with E-state index in [4.69, 9.17) is 15.2 Å². The lowest BCUT2D eigenvalue weighted by Gasteiger charge is -2.16. The fourth-order valence-electron chi connectivity index (χ4n) is 2.71. The predicted octanol–water partition coefficient (Wildman–Crippen LogP) is 3.40. The number of para-hydroxylation sites is 1. The zero-order valence-corrected chi connectivity index (χ0v) is 12.5. The summed E-state index contributed by atoms with van der Waals surface area (Å²) < 4.78 is 11.9. The van der Waals surface area contributed by atoms with E-state index in [1.165, 1.54) is 11.1 Å². The molecule has 1 aliphatic rings. The van der Waals surface area contributed by atoms with Gasteiger partial charge >= 0.3 is 0 Å². The van der Waals surface area contributed by atoms with Crippen LogP contribution < -0.4 is 15.2 Å². The Morgan fingerprint density at radius 3 is 2.90 bits per heavy atom. The van der Waals surface area contributed by atoms with Crippen LogP contribution >= 0.6 is 0 Å². The lowest BCUT2D eigenvalue weighted by Crippen LogP contribution is -2.23. The van der Waals surface area contributed by atoms with Gasteiger partial charge in [0.2, 0.25) is 0 Å². The first-order valence-corrected chi connectivity index (χ1v) is 7.37. The zero-order valence-electron chi connectivity index (χ0n) is 12.5. The number of aryl methyl sites for hydroxylation is 1. The summed E-state index contributed by atoms with van der Waals surface area (Å²) in [6.07, 6.45) is 0.972. The van der Waals surface area contributed by atoms with E-state index < -0.39 is 0 Å². The first-order chi connectivity index (χ1) is 10.1. The van der Waals surface area contributed by atoms with Crippen molar-refractivity contribution in [1.29, 1.82) is 0 Å². The van der Waals surface area contributed by atoms with Gasteiger partial charge in [0.15, 0.2) is 0 Å². The van der Waals surface area contributed by atoms with E-state index in [0.29, 0.717) is 6.61 Å². The van der Waals surface area contributed by atoms with Gasteiger partial charge in [-0.3, -0.25) is 0 Å². The van der Waals surface area contributed by atoms with Crippen LogP contribution in [0.3, 0.4) is 0 Å². The summed E-state index contributed by atoms with van der Waals surface area (Å²) in [6.45, 7) is 4.60. The van der Waals surface area contributed by atoms with Crippen LogP contribution in [0.4, 0.5) is 0 Å². The molecule has 2 atom stereocenters. The van der Waals surface area contributed by atoms with E-state index >= 15 is 0 Å². The SMILES string of the molecule is Cc1ccc2c(c1)CC(COc1ccccc1[C@@H](C)N)O2. The van der Waals surface area contributed by atoms with Crippen LogP contribution in [0.1, 0.15) is 29.7 Å². The van der Waals surface area contributed by atoms with E-state index in [2.05, 4.69) is 19.1 Å². The molecule has 1 aliphatic heterocycles. The minimum absolute atomic E-state index is 0.0365. The van der Waals surface area contributed by atoms with Crippen LogP contribution in [-0.2, 0) is 6.42 Å². The zero-order chi connectivity index (χ0) is 14.8. The van der Waals surface area contributed by atoms with Gasteiger partial charge in [0.05, 0.1) is 0 Å². The number of fused-ring (bicyclic) bond motifs is 1. The van der Waals surface area contributed by atoms with Crippen molar-refractivity contribution in [2.45, 2.75) is 32.4 Å². The van der Waals surface area contributed by atoms with Gasteiger partial charge in [0.1, 0.15) is 24.2 Å². The van der Waals surface area contributed by atoms with Crippen molar-refractivity contribution >= 4 is 0 Å². The van der Waals surface area contributed by atoms with E-state index in [-0.39, 0.29) is 12.1 Å². The third kappa shape index (κ3) is 3.03. The van der Waals surface area contributed by atoms with Crippen molar-refractivity contribution in [3.8, 4) is 11.5 Å². The standard InChI is InChI=1S/C18H21NO2/c1-12-7-8-17-14(9-12)10-15(21-17)11-20-18-6-4-3-5-16(18)13(2)19/h3-9,13,15H,10-11,19H2,1-2H3/t13-,15?/m1/s1. The molecule has 0 spiro atoms. The molecule has 21 heavy (non-hydrogen) atoms. The fourth-order valence-corrected chi connectivity index (χ4v) is 2.71. The monoisotopic (exact) mass is 283 g/mol. The topological polar surface area (TPSA) is 44.5 Å². The second-order valence-electron chi connectivity index (χ2n) is 5.69. The summed E-state index contributed by atoms with van der Waals surface area (Å²) in [5.41, 5.74) is 9.54. The molecule has 1 unspecified atom stereocenters. The molecular formula is C18H21NO2. The van der Waals surface area contributed by atoms with Crippen molar-refractivity contribution in [3.05, 3.63) is 59.2 Å². The van der Waals surface area contributed by atoms with Crippen LogP contribution in [0.25, 0.3) is 0 Å². The Kier molecular flexibility index (Phi) is 3.84. The maximum Gasteiger partial charge on any atom is 0.137 e. The van der Waals surface area contributed by atoms with Crippen LogP contribution in [0.5, 0.6) is 11.5 Å². The minimum Gasteiger partial charge on any atom is -0.489 e. The quantitative estimate of drug-likeness (QED) is 0.935. The second-order valence-corrected chi connectivity index (χ2v) is 5.69.